The van der Waals surface area contributed by atoms with Gasteiger partial charge in [-0.15, -0.1) is 0 Å². The van der Waals surface area contributed by atoms with Gasteiger partial charge in [-0.25, -0.2) is 0 Å². The minimum Gasteiger partial charge on any atom is -0.508 e. The third kappa shape index (κ3) is 3.29. The molecule has 0 unspecified atom stereocenters. The first-order chi connectivity index (χ1) is 9.11. The highest BCUT2D eigenvalue weighted by atomic mass is 79.9. The lowest BCUT2D eigenvalue weighted by molar-refractivity contribution is 0.474. The predicted molar refractivity (Wildman–Crippen MR) is 83.7 cm³/mol. The van der Waals surface area contributed by atoms with Gasteiger partial charge in [-0.2, -0.15) is 0 Å². The molecule has 0 saturated carbocycles. The smallest absolute Gasteiger partial charge is 0.115 e. The van der Waals surface area contributed by atoms with Crippen molar-refractivity contribution >= 4 is 21.6 Å². The lowest BCUT2D eigenvalue weighted by atomic mass is 10.1. The van der Waals surface area contributed by atoms with E-state index < -0.39 is 0 Å². The molecule has 3 heteroatoms. The largest absolute Gasteiger partial charge is 0.508 e. The molecule has 19 heavy (non-hydrogen) atoms. The molecule has 2 nitrogen and oxygen atoms in total. The summed E-state index contributed by atoms with van der Waals surface area (Å²) in [6, 6.07) is 13.8. The molecule has 0 aliphatic rings. The van der Waals surface area contributed by atoms with Crippen LogP contribution in [0.1, 0.15) is 18.1 Å². The number of aryl methyl sites for hydroxylation is 1. The second kappa shape index (κ2) is 6.11. The van der Waals surface area contributed by atoms with E-state index in [1.807, 2.05) is 12.1 Å². The van der Waals surface area contributed by atoms with Crippen LogP contribution in [0, 0.1) is 6.92 Å². The van der Waals surface area contributed by atoms with Crippen LogP contribution in [0.5, 0.6) is 5.75 Å². The van der Waals surface area contributed by atoms with Crippen LogP contribution in [-0.2, 0) is 6.54 Å². The van der Waals surface area contributed by atoms with Gasteiger partial charge in [0.1, 0.15) is 5.75 Å². The second-order valence-corrected chi connectivity index (χ2v) is 5.43. The molecule has 2 aromatic carbocycles. The molecule has 2 rings (SSSR count). The number of para-hydroxylation sites is 1. The number of nitrogens with zero attached hydrogens (tertiary/aromatic N) is 1. The second-order valence-electron chi connectivity index (χ2n) is 4.58. The summed E-state index contributed by atoms with van der Waals surface area (Å²) < 4.78 is 1.03. The van der Waals surface area contributed by atoms with E-state index in [9.17, 15) is 5.11 Å². The summed E-state index contributed by atoms with van der Waals surface area (Å²) in [6.45, 7) is 5.96. The maximum Gasteiger partial charge on any atom is 0.115 e. The standard InChI is InChI=1S/C16H18BrNO/c1-3-18(16-7-5-4-6-12(16)2)11-13-10-14(19)8-9-15(13)17/h4-10,19H,3,11H2,1-2H3. The van der Waals surface area contributed by atoms with Crippen LogP contribution in [0.15, 0.2) is 46.9 Å². The molecule has 100 valence electrons. The zero-order valence-corrected chi connectivity index (χ0v) is 12.8. The van der Waals surface area contributed by atoms with Crippen LogP contribution >= 0.6 is 15.9 Å². The zero-order chi connectivity index (χ0) is 13.8. The van der Waals surface area contributed by atoms with Gasteiger partial charge in [-0.3, -0.25) is 0 Å². The van der Waals surface area contributed by atoms with Gasteiger partial charge < -0.3 is 10.0 Å². The molecule has 0 radical (unpaired) electrons. The molecule has 1 N–H and O–H groups in total. The van der Waals surface area contributed by atoms with Crippen molar-refractivity contribution in [1.82, 2.24) is 0 Å². The Kier molecular flexibility index (Phi) is 4.48. The Bertz CT molecular complexity index is 568. The molecular weight excluding hydrogens is 302 g/mol. The molecule has 0 atom stereocenters. The molecule has 0 aromatic heterocycles. The maximum absolute atomic E-state index is 9.61. The Morgan fingerprint density at radius 1 is 1.16 bits per heavy atom. The van der Waals surface area contributed by atoms with Crippen LogP contribution in [-0.4, -0.2) is 11.7 Å². The van der Waals surface area contributed by atoms with Crippen LogP contribution in [0.4, 0.5) is 5.69 Å². The third-order valence-corrected chi connectivity index (χ3v) is 4.00. The minimum atomic E-state index is 0.305. The van der Waals surface area contributed by atoms with Gasteiger partial charge in [0, 0.05) is 23.2 Å². The van der Waals surface area contributed by atoms with E-state index in [2.05, 4.69) is 58.9 Å². The first-order valence-electron chi connectivity index (χ1n) is 6.39. The molecule has 0 fully saturated rings. The number of hydrogen-bond acceptors (Lipinski definition) is 2. The van der Waals surface area contributed by atoms with Crippen molar-refractivity contribution in [3.8, 4) is 5.75 Å². The zero-order valence-electron chi connectivity index (χ0n) is 11.2. The minimum absolute atomic E-state index is 0.305. The lowest BCUT2D eigenvalue weighted by Crippen LogP contribution is -2.23. The number of hydrogen-bond donors (Lipinski definition) is 1. The molecule has 0 aliphatic carbocycles. The SMILES string of the molecule is CCN(Cc1cc(O)ccc1Br)c1ccccc1C. The number of rotatable bonds is 4. The number of benzene rings is 2. The van der Waals surface area contributed by atoms with E-state index >= 15 is 0 Å². The third-order valence-electron chi connectivity index (χ3n) is 3.23. The van der Waals surface area contributed by atoms with Crippen LogP contribution in [0.25, 0.3) is 0 Å². The number of aromatic hydroxyl groups is 1. The van der Waals surface area contributed by atoms with E-state index in [-0.39, 0.29) is 0 Å². The Hall–Kier alpha value is -1.48. The van der Waals surface area contributed by atoms with E-state index in [4.69, 9.17) is 0 Å². The molecular formula is C16H18BrNO. The number of halogens is 1. The normalized spacial score (nSPS) is 10.5. The summed E-state index contributed by atoms with van der Waals surface area (Å²) in [6.07, 6.45) is 0. The molecule has 0 aliphatic heterocycles. The van der Waals surface area contributed by atoms with Crippen molar-refractivity contribution in [2.24, 2.45) is 0 Å². The average Bonchev–Trinajstić information content (AvgIpc) is 2.41. The molecule has 0 spiro atoms. The van der Waals surface area contributed by atoms with Crippen LogP contribution in [0.2, 0.25) is 0 Å². The predicted octanol–water partition coefficient (Wildman–Crippen LogP) is 4.49. The molecule has 0 amide bonds. The molecule has 0 bridgehead atoms. The first kappa shape index (κ1) is 13.9. The summed E-state index contributed by atoms with van der Waals surface area (Å²) in [7, 11) is 0. The highest BCUT2D eigenvalue weighted by molar-refractivity contribution is 9.10. The van der Waals surface area contributed by atoms with E-state index in [0.29, 0.717) is 5.75 Å². The average molecular weight is 320 g/mol. The summed E-state index contributed by atoms with van der Waals surface area (Å²) in [4.78, 5) is 2.30. The number of anilines is 1. The number of phenolic OH excluding ortho intramolecular Hbond substituents is 1. The van der Waals surface area contributed by atoms with Gasteiger partial charge in [0.05, 0.1) is 0 Å². The van der Waals surface area contributed by atoms with Gasteiger partial charge in [-0.1, -0.05) is 34.1 Å². The highest BCUT2D eigenvalue weighted by Crippen LogP contribution is 2.26. The summed E-state index contributed by atoms with van der Waals surface area (Å²) in [5, 5.41) is 9.61. The van der Waals surface area contributed by atoms with Gasteiger partial charge >= 0.3 is 0 Å². The topological polar surface area (TPSA) is 23.5 Å². The molecule has 2 aromatic rings. The van der Waals surface area contributed by atoms with Gasteiger partial charge in [-0.05, 0) is 49.2 Å². The van der Waals surface area contributed by atoms with Crippen LogP contribution in [0.3, 0.4) is 0 Å². The van der Waals surface area contributed by atoms with Crippen molar-refractivity contribution < 1.29 is 5.11 Å². The van der Waals surface area contributed by atoms with Gasteiger partial charge in [0.25, 0.3) is 0 Å². The monoisotopic (exact) mass is 319 g/mol. The quantitative estimate of drug-likeness (QED) is 0.897. The molecule has 0 saturated heterocycles. The Labute approximate surface area is 122 Å². The van der Waals surface area contributed by atoms with Crippen molar-refractivity contribution in [3.63, 3.8) is 0 Å². The van der Waals surface area contributed by atoms with Crippen molar-refractivity contribution in [3.05, 3.63) is 58.1 Å². The lowest BCUT2D eigenvalue weighted by Gasteiger charge is -2.25. The first-order valence-corrected chi connectivity index (χ1v) is 7.19. The van der Waals surface area contributed by atoms with E-state index in [1.54, 1.807) is 6.07 Å². The fourth-order valence-corrected chi connectivity index (χ4v) is 2.55. The van der Waals surface area contributed by atoms with Gasteiger partial charge in [0.2, 0.25) is 0 Å². The van der Waals surface area contributed by atoms with E-state index in [0.717, 1.165) is 23.1 Å². The van der Waals surface area contributed by atoms with Crippen molar-refractivity contribution in [2.75, 3.05) is 11.4 Å². The van der Waals surface area contributed by atoms with E-state index in [1.165, 1.54) is 11.3 Å². The summed E-state index contributed by atoms with van der Waals surface area (Å²) in [5.41, 5.74) is 3.59. The highest BCUT2D eigenvalue weighted by Gasteiger charge is 2.10. The van der Waals surface area contributed by atoms with Crippen LogP contribution < -0.4 is 4.90 Å². The Morgan fingerprint density at radius 3 is 2.58 bits per heavy atom. The van der Waals surface area contributed by atoms with Crippen molar-refractivity contribution in [1.29, 1.82) is 0 Å². The fourth-order valence-electron chi connectivity index (χ4n) is 2.17. The number of phenols is 1. The van der Waals surface area contributed by atoms with Crippen molar-refractivity contribution in [2.45, 2.75) is 20.4 Å². The van der Waals surface area contributed by atoms with Gasteiger partial charge in [0.15, 0.2) is 0 Å². The Morgan fingerprint density at radius 2 is 1.89 bits per heavy atom. The summed E-state index contributed by atoms with van der Waals surface area (Å²) >= 11 is 3.54. The fraction of sp³-hybridized carbons (Fsp3) is 0.250. The Balaban J connectivity index is 2.29. The maximum atomic E-state index is 9.61. The molecule has 0 heterocycles. The summed E-state index contributed by atoms with van der Waals surface area (Å²) in [5.74, 6) is 0.305.